The van der Waals surface area contributed by atoms with Crippen LogP contribution in [0.4, 0.5) is 11.4 Å². The highest BCUT2D eigenvalue weighted by Gasteiger charge is 2.70. The smallest absolute Gasteiger partial charge is 0.270 e. The van der Waals surface area contributed by atoms with E-state index in [2.05, 4.69) is 5.32 Å². The number of fused-ring (bicyclic) bond motifs is 6. The fourth-order valence-corrected chi connectivity index (χ4v) is 7.01. The van der Waals surface area contributed by atoms with Crippen molar-refractivity contribution in [1.29, 1.82) is 0 Å². The molecule has 1 amide bonds. The molecule has 4 aromatic carbocycles. The Morgan fingerprint density at radius 2 is 1.62 bits per heavy atom. The van der Waals surface area contributed by atoms with Crippen molar-refractivity contribution >= 4 is 34.9 Å². The molecule has 0 radical (unpaired) electrons. The number of carbonyl (C=O) groups excluding carboxylic acids is 3. The number of hydrogen-bond donors (Lipinski definition) is 1. The van der Waals surface area contributed by atoms with Crippen LogP contribution in [0, 0.1) is 23.0 Å². The van der Waals surface area contributed by atoms with Crippen molar-refractivity contribution in [2.45, 2.75) is 24.4 Å². The van der Waals surface area contributed by atoms with E-state index in [0.29, 0.717) is 16.8 Å². The van der Waals surface area contributed by atoms with Crippen LogP contribution in [0.3, 0.4) is 0 Å². The maximum atomic E-state index is 14.8. The summed E-state index contributed by atoms with van der Waals surface area (Å²) in [5, 5.41) is 14.6. The van der Waals surface area contributed by atoms with E-state index in [1.54, 1.807) is 24.4 Å². The van der Waals surface area contributed by atoms with E-state index in [1.807, 2.05) is 72.5 Å². The molecule has 1 spiro atoms. The minimum Gasteiger partial charge on any atom is -0.358 e. The van der Waals surface area contributed by atoms with Crippen molar-refractivity contribution in [3.63, 3.8) is 0 Å². The molecule has 42 heavy (non-hydrogen) atoms. The standard InChI is InChI=1S/C34H25N3O5/c1-20-13-15-22(16-14-20)30(38)28-29(31(39)23-8-6-9-24(19-23)37(41)42)36-18-17-21-7-2-3-10-25(21)32(36)34(28)26-11-4-5-12-27(26)35-33(34)40/h2-19,28-29,32H,1H3,(H,35,40)/t28-,29+,32-,34+/m0/s1. The van der Waals surface area contributed by atoms with Crippen LogP contribution < -0.4 is 5.32 Å². The van der Waals surface area contributed by atoms with Gasteiger partial charge in [0.15, 0.2) is 11.6 Å². The number of anilines is 1. The van der Waals surface area contributed by atoms with Crippen LogP contribution in [0.25, 0.3) is 6.08 Å². The molecule has 0 aromatic heterocycles. The molecule has 1 fully saturated rings. The molecular formula is C34H25N3O5. The van der Waals surface area contributed by atoms with Gasteiger partial charge in [0.1, 0.15) is 11.5 Å². The molecule has 3 aliphatic rings. The van der Waals surface area contributed by atoms with E-state index >= 15 is 0 Å². The number of nitro benzene ring substituents is 1. The van der Waals surface area contributed by atoms with E-state index in [4.69, 9.17) is 0 Å². The first kappa shape index (κ1) is 25.6. The SMILES string of the molecule is Cc1ccc(C(=O)[C@@H]2[C@H](C(=O)c3cccc([N+](=O)[O-])c3)N3C=Cc4ccccc4[C@H]3[C@]23C(=O)Nc2ccccc23)cc1. The number of carbonyl (C=O) groups is 3. The number of ketones is 2. The van der Waals surface area contributed by atoms with E-state index in [-0.39, 0.29) is 22.9 Å². The molecule has 8 nitrogen and oxygen atoms in total. The van der Waals surface area contributed by atoms with Crippen molar-refractivity contribution in [1.82, 2.24) is 4.90 Å². The fourth-order valence-electron chi connectivity index (χ4n) is 7.01. The molecule has 7 rings (SSSR count). The summed E-state index contributed by atoms with van der Waals surface area (Å²) >= 11 is 0. The summed E-state index contributed by atoms with van der Waals surface area (Å²) in [5.41, 5.74) is 2.73. The number of amides is 1. The molecule has 1 saturated heterocycles. The minimum atomic E-state index is -1.46. The lowest BCUT2D eigenvalue weighted by atomic mass is 9.62. The van der Waals surface area contributed by atoms with Crippen molar-refractivity contribution in [2.75, 3.05) is 5.32 Å². The first-order chi connectivity index (χ1) is 20.3. The van der Waals surface area contributed by atoms with Gasteiger partial charge in [0.05, 0.1) is 16.9 Å². The summed E-state index contributed by atoms with van der Waals surface area (Å²) in [7, 11) is 0. The normalized spacial score (nSPS) is 23.2. The molecule has 0 aliphatic carbocycles. The molecule has 0 bridgehead atoms. The molecule has 206 valence electrons. The van der Waals surface area contributed by atoms with E-state index < -0.39 is 34.1 Å². The van der Waals surface area contributed by atoms with Crippen molar-refractivity contribution in [2.24, 2.45) is 5.92 Å². The Bertz CT molecular complexity index is 1850. The number of benzene rings is 4. The predicted octanol–water partition coefficient (Wildman–Crippen LogP) is 5.88. The number of hydrogen-bond acceptors (Lipinski definition) is 6. The van der Waals surface area contributed by atoms with Gasteiger partial charge in [-0.15, -0.1) is 0 Å². The molecule has 3 heterocycles. The molecular weight excluding hydrogens is 530 g/mol. The second-order valence-electron chi connectivity index (χ2n) is 11.0. The summed E-state index contributed by atoms with van der Waals surface area (Å²) in [6.07, 6.45) is 3.66. The number of aryl methyl sites for hydroxylation is 1. The molecule has 4 atom stereocenters. The molecule has 1 N–H and O–H groups in total. The fraction of sp³-hybridized carbons (Fsp3) is 0.147. The first-order valence-corrected chi connectivity index (χ1v) is 13.7. The predicted molar refractivity (Wildman–Crippen MR) is 157 cm³/mol. The van der Waals surface area contributed by atoms with Crippen LogP contribution in [0.2, 0.25) is 0 Å². The van der Waals surface area contributed by atoms with Gasteiger partial charge in [0.25, 0.3) is 5.69 Å². The highest BCUT2D eigenvalue weighted by atomic mass is 16.6. The van der Waals surface area contributed by atoms with Gasteiger partial charge in [-0.2, -0.15) is 0 Å². The number of nitro groups is 1. The van der Waals surface area contributed by atoms with E-state index in [9.17, 15) is 24.5 Å². The summed E-state index contributed by atoms with van der Waals surface area (Å²) in [5.74, 6) is -2.31. The third-order valence-electron chi connectivity index (χ3n) is 8.80. The maximum absolute atomic E-state index is 14.8. The molecule has 4 aromatic rings. The van der Waals surface area contributed by atoms with Gasteiger partial charge in [0.2, 0.25) is 5.91 Å². The Kier molecular flexibility index (Phi) is 5.69. The van der Waals surface area contributed by atoms with Crippen molar-refractivity contribution in [3.8, 4) is 0 Å². The third-order valence-corrected chi connectivity index (χ3v) is 8.80. The second-order valence-corrected chi connectivity index (χ2v) is 11.0. The van der Waals surface area contributed by atoms with Crippen molar-refractivity contribution in [3.05, 3.63) is 147 Å². The second kappa shape index (κ2) is 9.34. The largest absolute Gasteiger partial charge is 0.358 e. The zero-order valence-electron chi connectivity index (χ0n) is 22.6. The van der Waals surface area contributed by atoms with Gasteiger partial charge >= 0.3 is 0 Å². The highest BCUT2D eigenvalue weighted by Crippen LogP contribution is 2.62. The van der Waals surface area contributed by atoms with Gasteiger partial charge in [-0.3, -0.25) is 24.5 Å². The number of Topliss-reactive ketones (excluding diaryl/α,β-unsaturated/α-hetero) is 2. The van der Waals surface area contributed by atoms with Gasteiger partial charge in [0, 0.05) is 35.1 Å². The average molecular weight is 556 g/mol. The Morgan fingerprint density at radius 3 is 2.40 bits per heavy atom. The average Bonchev–Trinajstić information content (AvgIpc) is 3.49. The lowest BCUT2D eigenvalue weighted by molar-refractivity contribution is -0.384. The third kappa shape index (κ3) is 3.51. The number of para-hydroxylation sites is 1. The number of nitrogens with zero attached hydrogens (tertiary/aromatic N) is 2. The first-order valence-electron chi connectivity index (χ1n) is 13.7. The highest BCUT2D eigenvalue weighted by molar-refractivity contribution is 6.16. The minimum absolute atomic E-state index is 0.102. The Balaban J connectivity index is 1.53. The molecule has 0 unspecified atom stereocenters. The zero-order chi connectivity index (χ0) is 29.2. The summed E-state index contributed by atoms with van der Waals surface area (Å²) in [4.78, 5) is 56.6. The van der Waals surface area contributed by atoms with E-state index in [0.717, 1.165) is 16.7 Å². The van der Waals surface area contributed by atoms with Crippen LogP contribution in [-0.4, -0.2) is 33.3 Å². The Morgan fingerprint density at radius 1 is 0.881 bits per heavy atom. The Hall–Kier alpha value is -5.37. The maximum Gasteiger partial charge on any atom is 0.270 e. The van der Waals surface area contributed by atoms with Crippen LogP contribution in [0.1, 0.15) is 49.0 Å². The number of rotatable bonds is 5. The van der Waals surface area contributed by atoms with Gasteiger partial charge < -0.3 is 10.2 Å². The quantitative estimate of drug-likeness (QED) is 0.187. The van der Waals surface area contributed by atoms with Gasteiger partial charge in [-0.25, -0.2) is 0 Å². The molecule has 3 aliphatic heterocycles. The lowest BCUT2D eigenvalue weighted by Gasteiger charge is -2.38. The summed E-state index contributed by atoms with van der Waals surface area (Å²) < 4.78 is 0. The number of non-ortho nitro benzene ring substituents is 1. The molecule has 8 heteroatoms. The van der Waals surface area contributed by atoms with Crippen LogP contribution >= 0.6 is 0 Å². The van der Waals surface area contributed by atoms with Crippen LogP contribution in [0.5, 0.6) is 0 Å². The number of nitrogens with one attached hydrogen (secondary N) is 1. The topological polar surface area (TPSA) is 110 Å². The molecule has 0 saturated carbocycles. The van der Waals surface area contributed by atoms with E-state index in [1.165, 1.54) is 24.3 Å². The van der Waals surface area contributed by atoms with Gasteiger partial charge in [-0.1, -0.05) is 84.4 Å². The zero-order valence-corrected chi connectivity index (χ0v) is 22.6. The van der Waals surface area contributed by atoms with Gasteiger partial charge in [-0.05, 0) is 35.8 Å². The van der Waals surface area contributed by atoms with Crippen LogP contribution in [0.15, 0.2) is 103 Å². The summed E-state index contributed by atoms with van der Waals surface area (Å²) in [6, 6.07) is 25.8. The monoisotopic (exact) mass is 555 g/mol. The Labute approximate surface area is 241 Å². The lowest BCUT2D eigenvalue weighted by Crippen LogP contribution is -2.49. The van der Waals surface area contributed by atoms with Crippen LogP contribution in [-0.2, 0) is 10.2 Å². The van der Waals surface area contributed by atoms with Crippen molar-refractivity contribution < 1.29 is 19.3 Å². The summed E-state index contributed by atoms with van der Waals surface area (Å²) in [6.45, 7) is 1.92.